The van der Waals surface area contributed by atoms with E-state index in [-0.39, 0.29) is 17.6 Å². The highest BCUT2D eigenvalue weighted by Gasteiger charge is 2.33. The Morgan fingerprint density at radius 2 is 2.19 bits per heavy atom. The van der Waals surface area contributed by atoms with Crippen molar-refractivity contribution in [3.8, 4) is 0 Å². The standard InChI is InChI=1S/C17H14BN5O3/c1-10-14-7-19-8-16(23(25)26)13(14)4-5-21(10)17(24)15-6-12-3-2-11(18)9-22(12)20-15/h2-3,6-10H,4-5H2,1H3. The first kappa shape index (κ1) is 16.3. The second-order valence-corrected chi connectivity index (χ2v) is 6.27. The van der Waals surface area contributed by atoms with Crippen LogP contribution in [0.25, 0.3) is 5.52 Å². The molecule has 4 rings (SSSR count). The zero-order valence-electron chi connectivity index (χ0n) is 14.0. The van der Waals surface area contributed by atoms with E-state index >= 15 is 0 Å². The molecule has 2 radical (unpaired) electrons. The molecule has 0 saturated heterocycles. The molecule has 9 heteroatoms. The zero-order valence-corrected chi connectivity index (χ0v) is 14.0. The molecule has 0 aliphatic carbocycles. The van der Waals surface area contributed by atoms with Crippen LogP contribution < -0.4 is 5.46 Å². The van der Waals surface area contributed by atoms with Crippen LogP contribution >= 0.6 is 0 Å². The van der Waals surface area contributed by atoms with Gasteiger partial charge in [0.05, 0.1) is 16.5 Å². The van der Waals surface area contributed by atoms with Crippen LogP contribution in [0.15, 0.2) is 36.8 Å². The molecule has 0 fully saturated rings. The van der Waals surface area contributed by atoms with E-state index < -0.39 is 4.92 Å². The molecule has 1 amide bonds. The smallest absolute Gasteiger partial charge is 0.291 e. The average Bonchev–Trinajstić information content (AvgIpc) is 3.04. The Hall–Kier alpha value is -3.23. The Kier molecular flexibility index (Phi) is 3.71. The summed E-state index contributed by atoms with van der Waals surface area (Å²) in [7, 11) is 5.75. The summed E-state index contributed by atoms with van der Waals surface area (Å²) in [5.74, 6) is -0.225. The molecule has 3 aromatic heterocycles. The number of rotatable bonds is 2. The quantitative estimate of drug-likeness (QED) is 0.394. The maximum atomic E-state index is 13.0. The molecule has 0 N–H and O–H groups in total. The molecule has 4 heterocycles. The summed E-state index contributed by atoms with van der Waals surface area (Å²) in [5.41, 5.74) is 2.98. The SMILES string of the molecule is [B]c1ccc2cc(C(=O)N3CCc4c(cncc4[N+](=O)[O-])C3C)nn2c1. The first-order valence-corrected chi connectivity index (χ1v) is 8.13. The molecule has 1 aliphatic rings. The molecule has 1 unspecified atom stereocenters. The number of hydrogen-bond acceptors (Lipinski definition) is 5. The number of carbonyl (C=O) groups excluding carboxylic acids is 1. The first-order valence-electron chi connectivity index (χ1n) is 8.13. The van der Waals surface area contributed by atoms with Gasteiger partial charge in [0, 0.05) is 30.1 Å². The highest BCUT2D eigenvalue weighted by atomic mass is 16.6. The minimum atomic E-state index is -0.428. The minimum absolute atomic E-state index is 0.00431. The van der Waals surface area contributed by atoms with Gasteiger partial charge in [0.1, 0.15) is 14.0 Å². The van der Waals surface area contributed by atoms with Crippen molar-refractivity contribution in [2.24, 2.45) is 0 Å². The zero-order chi connectivity index (χ0) is 18.4. The van der Waals surface area contributed by atoms with E-state index in [1.807, 2.05) is 6.92 Å². The lowest BCUT2D eigenvalue weighted by atomic mass is 9.94. The Morgan fingerprint density at radius 1 is 1.38 bits per heavy atom. The maximum Gasteiger partial charge on any atom is 0.291 e. The van der Waals surface area contributed by atoms with E-state index in [1.54, 1.807) is 40.0 Å². The summed E-state index contributed by atoms with van der Waals surface area (Å²) < 4.78 is 1.57. The van der Waals surface area contributed by atoms with E-state index in [0.717, 1.165) is 5.52 Å². The van der Waals surface area contributed by atoms with Crippen molar-refractivity contribution < 1.29 is 9.72 Å². The van der Waals surface area contributed by atoms with Gasteiger partial charge in [-0.05, 0) is 25.5 Å². The van der Waals surface area contributed by atoms with Crippen LogP contribution in [0.1, 0.15) is 34.6 Å². The maximum absolute atomic E-state index is 13.0. The average molecular weight is 347 g/mol. The lowest BCUT2D eigenvalue weighted by molar-refractivity contribution is -0.386. The fourth-order valence-corrected chi connectivity index (χ4v) is 3.41. The Labute approximate surface area is 150 Å². The van der Waals surface area contributed by atoms with Crippen molar-refractivity contribution in [2.45, 2.75) is 19.4 Å². The molecular formula is C17H14BN5O3. The highest BCUT2D eigenvalue weighted by Crippen LogP contribution is 2.34. The lowest BCUT2D eigenvalue weighted by Gasteiger charge is -2.34. The topological polar surface area (TPSA) is 93.6 Å². The molecule has 26 heavy (non-hydrogen) atoms. The fourth-order valence-electron chi connectivity index (χ4n) is 3.41. The number of fused-ring (bicyclic) bond motifs is 2. The van der Waals surface area contributed by atoms with Crippen LogP contribution in [-0.4, -0.2) is 44.7 Å². The molecule has 0 aromatic carbocycles. The van der Waals surface area contributed by atoms with E-state index in [1.165, 1.54) is 6.20 Å². The number of pyridine rings is 2. The van der Waals surface area contributed by atoms with Crippen molar-refractivity contribution in [2.75, 3.05) is 6.54 Å². The van der Waals surface area contributed by atoms with Crippen molar-refractivity contribution in [3.63, 3.8) is 0 Å². The minimum Gasteiger partial charge on any atom is -0.330 e. The molecule has 0 spiro atoms. The monoisotopic (exact) mass is 347 g/mol. The van der Waals surface area contributed by atoms with Crippen LogP contribution in [0.5, 0.6) is 0 Å². The molecule has 3 aromatic rings. The van der Waals surface area contributed by atoms with Gasteiger partial charge in [-0.3, -0.25) is 19.9 Å². The molecular weight excluding hydrogens is 333 g/mol. The van der Waals surface area contributed by atoms with Crippen LogP contribution in [0.4, 0.5) is 5.69 Å². The lowest BCUT2D eigenvalue weighted by Crippen LogP contribution is -2.39. The largest absolute Gasteiger partial charge is 0.330 e. The van der Waals surface area contributed by atoms with Crippen molar-refractivity contribution in [1.29, 1.82) is 0 Å². The molecule has 0 bridgehead atoms. The van der Waals surface area contributed by atoms with Crippen molar-refractivity contribution >= 4 is 30.4 Å². The second-order valence-electron chi connectivity index (χ2n) is 6.27. The van der Waals surface area contributed by atoms with Gasteiger partial charge in [0.2, 0.25) is 0 Å². The van der Waals surface area contributed by atoms with Gasteiger partial charge < -0.3 is 4.90 Å². The predicted molar refractivity (Wildman–Crippen MR) is 94.6 cm³/mol. The molecule has 1 aliphatic heterocycles. The van der Waals surface area contributed by atoms with Crippen LogP contribution in [-0.2, 0) is 6.42 Å². The Balaban J connectivity index is 1.69. The second kappa shape index (κ2) is 5.94. The van der Waals surface area contributed by atoms with Gasteiger partial charge in [-0.25, -0.2) is 4.52 Å². The first-order chi connectivity index (χ1) is 12.5. The van der Waals surface area contributed by atoms with Gasteiger partial charge in [-0.1, -0.05) is 11.5 Å². The van der Waals surface area contributed by atoms with Crippen LogP contribution in [0.2, 0.25) is 0 Å². The van der Waals surface area contributed by atoms with E-state index in [2.05, 4.69) is 10.1 Å². The normalized spacial score (nSPS) is 16.5. The number of carbonyl (C=O) groups is 1. The third-order valence-electron chi connectivity index (χ3n) is 4.75. The number of amides is 1. The van der Waals surface area contributed by atoms with Gasteiger partial charge >= 0.3 is 0 Å². The molecule has 8 nitrogen and oxygen atoms in total. The number of aromatic nitrogens is 3. The van der Waals surface area contributed by atoms with Crippen molar-refractivity contribution in [3.05, 3.63) is 63.7 Å². The van der Waals surface area contributed by atoms with Gasteiger partial charge in [0.15, 0.2) is 5.69 Å². The van der Waals surface area contributed by atoms with Crippen molar-refractivity contribution in [1.82, 2.24) is 19.5 Å². The fraction of sp³-hybridized carbons (Fsp3) is 0.235. The summed E-state index contributed by atoms with van der Waals surface area (Å²) in [5, 5.41) is 15.5. The van der Waals surface area contributed by atoms with Crippen LogP contribution in [0.3, 0.4) is 0 Å². The van der Waals surface area contributed by atoms with E-state index in [9.17, 15) is 14.9 Å². The molecule has 0 saturated carbocycles. The number of nitrogens with zero attached hydrogens (tertiary/aromatic N) is 5. The summed E-state index contributed by atoms with van der Waals surface area (Å²) >= 11 is 0. The van der Waals surface area contributed by atoms with Crippen LogP contribution in [0, 0.1) is 10.1 Å². The van der Waals surface area contributed by atoms with Gasteiger partial charge in [0.25, 0.3) is 11.6 Å². The summed E-state index contributed by atoms with van der Waals surface area (Å²) in [6.07, 6.45) is 4.91. The highest BCUT2D eigenvalue weighted by molar-refractivity contribution is 6.32. The van der Waals surface area contributed by atoms with E-state index in [0.29, 0.717) is 35.2 Å². The third-order valence-corrected chi connectivity index (χ3v) is 4.75. The number of nitro groups is 1. The predicted octanol–water partition coefficient (Wildman–Crippen LogP) is 1.19. The Morgan fingerprint density at radius 3 is 2.96 bits per heavy atom. The Bertz CT molecular complexity index is 1050. The van der Waals surface area contributed by atoms with Gasteiger partial charge in [-0.15, -0.1) is 0 Å². The summed E-state index contributed by atoms with van der Waals surface area (Å²) in [6, 6.07) is 4.92. The molecule has 128 valence electrons. The summed E-state index contributed by atoms with van der Waals surface area (Å²) in [4.78, 5) is 29.4. The van der Waals surface area contributed by atoms with Gasteiger partial charge in [-0.2, -0.15) is 5.10 Å². The third kappa shape index (κ3) is 2.52. The number of hydrogen-bond donors (Lipinski definition) is 0. The van der Waals surface area contributed by atoms with E-state index in [4.69, 9.17) is 7.85 Å². The summed E-state index contributed by atoms with van der Waals surface area (Å²) in [6.45, 7) is 2.23. The molecule has 1 atom stereocenters.